The van der Waals surface area contributed by atoms with Crippen LogP contribution in [0, 0.1) is 0 Å². The molecule has 5 heteroatoms. The van der Waals surface area contributed by atoms with Crippen LogP contribution < -0.4 is 15.0 Å². The van der Waals surface area contributed by atoms with Gasteiger partial charge in [-0.2, -0.15) is 4.99 Å². The van der Waals surface area contributed by atoms with Crippen molar-refractivity contribution in [1.82, 2.24) is 4.57 Å². The number of hydrogen-bond acceptors (Lipinski definition) is 3. The Bertz CT molecular complexity index is 978. The van der Waals surface area contributed by atoms with Crippen molar-refractivity contribution in [2.75, 3.05) is 13.7 Å². The van der Waals surface area contributed by atoms with Gasteiger partial charge in [-0.25, -0.2) is 0 Å². The summed E-state index contributed by atoms with van der Waals surface area (Å²) in [6.07, 6.45) is 1.92. The van der Waals surface area contributed by atoms with Gasteiger partial charge in [-0.1, -0.05) is 36.4 Å². The minimum absolute atomic E-state index is 0.327. The predicted molar refractivity (Wildman–Crippen MR) is 104 cm³/mol. The highest BCUT2D eigenvalue weighted by Gasteiger charge is 2.10. The minimum atomic E-state index is -0.327. The number of methoxy groups -OCH3 is 1. The van der Waals surface area contributed by atoms with Crippen LogP contribution in [0.2, 0.25) is 0 Å². The standard InChI is InChI=1S/C22H22N2O3/c1-3-27-20-15-18(12-13-19(20)26-2)22(25)23-21-11-7-8-14-24(21)16-17-9-5-4-6-10-17/h4-15H,3,16H2,1-2H3. The van der Waals surface area contributed by atoms with Crippen LogP contribution in [0.3, 0.4) is 0 Å². The molecule has 0 saturated carbocycles. The van der Waals surface area contributed by atoms with Gasteiger partial charge in [0.2, 0.25) is 0 Å². The molecular weight excluding hydrogens is 340 g/mol. The molecule has 0 bridgehead atoms. The van der Waals surface area contributed by atoms with Gasteiger partial charge in [-0.3, -0.25) is 4.79 Å². The monoisotopic (exact) mass is 362 g/mol. The molecule has 3 aromatic rings. The van der Waals surface area contributed by atoms with Gasteiger partial charge in [0, 0.05) is 18.3 Å². The predicted octanol–water partition coefficient (Wildman–Crippen LogP) is 3.68. The maximum atomic E-state index is 12.7. The van der Waals surface area contributed by atoms with Crippen molar-refractivity contribution in [3.8, 4) is 11.5 Å². The molecule has 0 atom stereocenters. The lowest BCUT2D eigenvalue weighted by Gasteiger charge is -2.10. The molecular formula is C22H22N2O3. The van der Waals surface area contributed by atoms with Crippen molar-refractivity contribution in [2.45, 2.75) is 13.5 Å². The molecule has 2 aromatic carbocycles. The van der Waals surface area contributed by atoms with Crippen LogP contribution in [0.4, 0.5) is 0 Å². The van der Waals surface area contributed by atoms with Crippen molar-refractivity contribution >= 4 is 5.91 Å². The third-order valence-electron chi connectivity index (χ3n) is 4.04. The fraction of sp³-hybridized carbons (Fsp3) is 0.182. The van der Waals surface area contributed by atoms with Gasteiger partial charge < -0.3 is 14.0 Å². The van der Waals surface area contributed by atoms with Crippen molar-refractivity contribution in [3.63, 3.8) is 0 Å². The van der Waals surface area contributed by atoms with E-state index in [-0.39, 0.29) is 5.91 Å². The van der Waals surface area contributed by atoms with E-state index in [0.29, 0.717) is 35.7 Å². The van der Waals surface area contributed by atoms with Crippen molar-refractivity contribution in [3.05, 3.63) is 89.5 Å². The number of aromatic nitrogens is 1. The van der Waals surface area contributed by atoms with E-state index in [1.807, 2.05) is 66.2 Å². The zero-order chi connectivity index (χ0) is 19.1. The SMILES string of the molecule is CCOc1cc(C(=O)N=c2ccccn2Cc2ccccc2)ccc1OC. The van der Waals surface area contributed by atoms with E-state index in [0.717, 1.165) is 5.56 Å². The van der Waals surface area contributed by atoms with Gasteiger partial charge in [0.1, 0.15) is 5.49 Å². The Kier molecular flexibility index (Phi) is 6.05. The van der Waals surface area contributed by atoms with Crippen molar-refractivity contribution in [1.29, 1.82) is 0 Å². The second kappa shape index (κ2) is 8.85. The first-order chi connectivity index (χ1) is 13.2. The number of carbonyl (C=O) groups excluding carboxylic acids is 1. The number of amides is 1. The maximum Gasteiger partial charge on any atom is 0.279 e. The third kappa shape index (κ3) is 4.64. The number of nitrogens with zero attached hydrogens (tertiary/aromatic N) is 2. The Labute approximate surface area is 158 Å². The molecule has 0 N–H and O–H groups in total. The van der Waals surface area contributed by atoms with E-state index < -0.39 is 0 Å². The van der Waals surface area contributed by atoms with E-state index in [1.165, 1.54) is 0 Å². The first kappa shape index (κ1) is 18.5. The van der Waals surface area contributed by atoms with Crippen LogP contribution in [0.25, 0.3) is 0 Å². The summed E-state index contributed by atoms with van der Waals surface area (Å²) >= 11 is 0. The summed E-state index contributed by atoms with van der Waals surface area (Å²) in [6.45, 7) is 3.01. The normalized spacial score (nSPS) is 11.3. The van der Waals surface area contributed by atoms with Crippen molar-refractivity contribution < 1.29 is 14.3 Å². The molecule has 1 amide bonds. The van der Waals surface area contributed by atoms with Crippen LogP contribution in [0.1, 0.15) is 22.8 Å². The zero-order valence-corrected chi connectivity index (χ0v) is 15.5. The Morgan fingerprint density at radius 1 is 1.00 bits per heavy atom. The largest absolute Gasteiger partial charge is 0.493 e. The summed E-state index contributed by atoms with van der Waals surface area (Å²) in [6, 6.07) is 20.8. The molecule has 138 valence electrons. The van der Waals surface area contributed by atoms with E-state index in [2.05, 4.69) is 4.99 Å². The lowest BCUT2D eigenvalue weighted by molar-refractivity contribution is 0.0996. The van der Waals surface area contributed by atoms with E-state index >= 15 is 0 Å². The summed E-state index contributed by atoms with van der Waals surface area (Å²) < 4.78 is 12.8. The quantitative estimate of drug-likeness (QED) is 0.672. The lowest BCUT2D eigenvalue weighted by Crippen LogP contribution is -2.22. The lowest BCUT2D eigenvalue weighted by atomic mass is 10.2. The van der Waals surface area contributed by atoms with Gasteiger partial charge >= 0.3 is 0 Å². The molecule has 0 unspecified atom stereocenters. The molecule has 0 fully saturated rings. The van der Waals surface area contributed by atoms with Crippen LogP contribution in [0.5, 0.6) is 11.5 Å². The fourth-order valence-electron chi connectivity index (χ4n) is 2.73. The summed E-state index contributed by atoms with van der Waals surface area (Å²) in [5.74, 6) is 0.796. The summed E-state index contributed by atoms with van der Waals surface area (Å²) in [5.41, 5.74) is 2.19. The van der Waals surface area contributed by atoms with Crippen LogP contribution in [-0.4, -0.2) is 24.2 Å². The number of ether oxygens (including phenoxy) is 2. The molecule has 0 spiro atoms. The van der Waals surface area contributed by atoms with E-state index in [9.17, 15) is 4.79 Å². The highest BCUT2D eigenvalue weighted by Crippen LogP contribution is 2.28. The first-order valence-corrected chi connectivity index (χ1v) is 8.80. The first-order valence-electron chi connectivity index (χ1n) is 8.80. The van der Waals surface area contributed by atoms with Crippen LogP contribution in [-0.2, 0) is 6.54 Å². The second-order valence-electron chi connectivity index (χ2n) is 5.89. The second-order valence-corrected chi connectivity index (χ2v) is 5.89. The zero-order valence-electron chi connectivity index (χ0n) is 15.5. The van der Waals surface area contributed by atoms with Crippen molar-refractivity contribution in [2.24, 2.45) is 4.99 Å². The van der Waals surface area contributed by atoms with Gasteiger partial charge in [-0.15, -0.1) is 0 Å². The average molecular weight is 362 g/mol. The topological polar surface area (TPSA) is 52.8 Å². The third-order valence-corrected chi connectivity index (χ3v) is 4.04. The molecule has 3 rings (SSSR count). The maximum absolute atomic E-state index is 12.7. The average Bonchev–Trinajstić information content (AvgIpc) is 2.70. The summed E-state index contributed by atoms with van der Waals surface area (Å²) in [4.78, 5) is 17.0. The Morgan fingerprint density at radius 3 is 2.52 bits per heavy atom. The number of benzene rings is 2. The van der Waals surface area contributed by atoms with Gasteiger partial charge in [-0.05, 0) is 42.8 Å². The molecule has 27 heavy (non-hydrogen) atoms. The molecule has 0 saturated heterocycles. The molecule has 0 aliphatic rings. The van der Waals surface area contributed by atoms with Gasteiger partial charge in [0.15, 0.2) is 11.5 Å². The number of carbonyl (C=O) groups is 1. The Hall–Kier alpha value is -3.34. The van der Waals surface area contributed by atoms with Gasteiger partial charge in [0.25, 0.3) is 5.91 Å². The molecule has 1 aromatic heterocycles. The molecule has 0 radical (unpaired) electrons. The Balaban J connectivity index is 1.93. The summed E-state index contributed by atoms with van der Waals surface area (Å²) in [7, 11) is 1.57. The highest BCUT2D eigenvalue weighted by molar-refractivity contribution is 5.95. The highest BCUT2D eigenvalue weighted by atomic mass is 16.5. The number of pyridine rings is 1. The summed E-state index contributed by atoms with van der Waals surface area (Å²) in [5, 5.41) is 0. The van der Waals surface area contributed by atoms with Gasteiger partial charge in [0.05, 0.1) is 13.7 Å². The minimum Gasteiger partial charge on any atom is -0.493 e. The molecule has 1 heterocycles. The number of hydrogen-bond donors (Lipinski definition) is 0. The Morgan fingerprint density at radius 2 is 1.78 bits per heavy atom. The molecule has 0 aliphatic carbocycles. The van der Waals surface area contributed by atoms with E-state index in [1.54, 1.807) is 25.3 Å². The van der Waals surface area contributed by atoms with Crippen LogP contribution in [0.15, 0.2) is 77.9 Å². The van der Waals surface area contributed by atoms with E-state index in [4.69, 9.17) is 9.47 Å². The van der Waals surface area contributed by atoms with Crippen LogP contribution >= 0.6 is 0 Å². The number of rotatable bonds is 6. The fourth-order valence-corrected chi connectivity index (χ4v) is 2.73. The smallest absolute Gasteiger partial charge is 0.279 e. The molecule has 0 aliphatic heterocycles. The molecule has 5 nitrogen and oxygen atoms in total.